The van der Waals surface area contributed by atoms with Gasteiger partial charge >= 0.3 is 0 Å². The lowest BCUT2D eigenvalue weighted by Crippen LogP contribution is -2.30. The van der Waals surface area contributed by atoms with Gasteiger partial charge in [0.25, 0.3) is 5.91 Å². The minimum atomic E-state index is -0.0915. The fourth-order valence-electron chi connectivity index (χ4n) is 3.07. The zero-order valence-electron chi connectivity index (χ0n) is 15.9. The summed E-state index contributed by atoms with van der Waals surface area (Å²) < 4.78 is 5.58. The highest BCUT2D eigenvalue weighted by Crippen LogP contribution is 2.27. The molecule has 0 radical (unpaired) electrons. The number of fused-ring (bicyclic) bond motifs is 1. The van der Waals surface area contributed by atoms with Crippen LogP contribution in [-0.2, 0) is 29.5 Å². The molecule has 5 heteroatoms. The van der Waals surface area contributed by atoms with Crippen molar-refractivity contribution in [3.05, 3.63) is 45.4 Å². The van der Waals surface area contributed by atoms with Crippen LogP contribution < -0.4 is 10.1 Å². The Morgan fingerprint density at radius 2 is 1.92 bits per heavy atom. The molecule has 2 aromatic rings. The van der Waals surface area contributed by atoms with E-state index < -0.39 is 0 Å². The van der Waals surface area contributed by atoms with Gasteiger partial charge in [-0.25, -0.2) is 4.98 Å². The number of benzene rings is 1. The molecular weight excluding hydrogens is 344 g/mol. The summed E-state index contributed by atoms with van der Waals surface area (Å²) >= 11 is 1.81. The summed E-state index contributed by atoms with van der Waals surface area (Å²) in [5.41, 5.74) is 2.65. The third kappa shape index (κ3) is 5.07. The predicted octanol–water partition coefficient (Wildman–Crippen LogP) is 4.06. The third-order valence-electron chi connectivity index (χ3n) is 4.64. The number of hydrogen-bond acceptors (Lipinski definition) is 4. The molecule has 1 aliphatic carbocycles. The monoisotopic (exact) mass is 372 g/mol. The van der Waals surface area contributed by atoms with E-state index >= 15 is 0 Å². The molecular formula is C21H28N2O2S. The van der Waals surface area contributed by atoms with Gasteiger partial charge in [-0.05, 0) is 48.8 Å². The first-order valence-electron chi connectivity index (χ1n) is 9.39. The maximum atomic E-state index is 12.0. The van der Waals surface area contributed by atoms with E-state index in [2.05, 4.69) is 38.2 Å². The number of rotatable bonds is 6. The zero-order valence-corrected chi connectivity index (χ0v) is 16.7. The van der Waals surface area contributed by atoms with Crippen LogP contribution in [-0.4, -0.2) is 24.0 Å². The Balaban J connectivity index is 1.39. The lowest BCUT2D eigenvalue weighted by atomic mass is 9.87. The number of aryl methyl sites for hydroxylation is 2. The summed E-state index contributed by atoms with van der Waals surface area (Å²) in [6, 6.07) is 7.96. The van der Waals surface area contributed by atoms with E-state index in [-0.39, 0.29) is 17.9 Å². The number of aromatic nitrogens is 1. The summed E-state index contributed by atoms with van der Waals surface area (Å²) in [7, 11) is 0. The van der Waals surface area contributed by atoms with Crippen LogP contribution in [0.5, 0.6) is 5.75 Å². The quantitative estimate of drug-likeness (QED) is 0.832. The summed E-state index contributed by atoms with van der Waals surface area (Å²) in [6.45, 7) is 7.18. The molecule has 3 rings (SSSR count). The number of carbonyl (C=O) groups is 1. The number of nitrogens with one attached hydrogen (secondary N) is 1. The van der Waals surface area contributed by atoms with Crippen LogP contribution in [0.1, 0.15) is 54.8 Å². The van der Waals surface area contributed by atoms with E-state index in [0.29, 0.717) is 6.54 Å². The van der Waals surface area contributed by atoms with Crippen molar-refractivity contribution in [2.24, 2.45) is 0 Å². The predicted molar refractivity (Wildman–Crippen MR) is 106 cm³/mol. The van der Waals surface area contributed by atoms with Crippen LogP contribution in [0.2, 0.25) is 0 Å². The first kappa shape index (κ1) is 18.9. The Morgan fingerprint density at radius 1 is 1.19 bits per heavy atom. The average molecular weight is 373 g/mol. The van der Waals surface area contributed by atoms with Crippen LogP contribution in [0.15, 0.2) is 24.3 Å². The number of carbonyl (C=O) groups excluding carboxylic acids is 1. The van der Waals surface area contributed by atoms with E-state index in [9.17, 15) is 4.79 Å². The largest absolute Gasteiger partial charge is 0.484 e. The molecule has 0 bridgehead atoms. The van der Waals surface area contributed by atoms with Crippen molar-refractivity contribution in [1.29, 1.82) is 0 Å². The van der Waals surface area contributed by atoms with Crippen molar-refractivity contribution >= 4 is 17.2 Å². The Hall–Kier alpha value is -1.88. The van der Waals surface area contributed by atoms with Crippen molar-refractivity contribution in [2.45, 2.75) is 58.3 Å². The lowest BCUT2D eigenvalue weighted by molar-refractivity contribution is -0.123. The van der Waals surface area contributed by atoms with Gasteiger partial charge < -0.3 is 10.1 Å². The van der Waals surface area contributed by atoms with Crippen LogP contribution in [0, 0.1) is 0 Å². The van der Waals surface area contributed by atoms with Gasteiger partial charge in [-0.3, -0.25) is 4.79 Å². The first-order valence-corrected chi connectivity index (χ1v) is 10.2. The molecule has 1 N–H and O–H groups in total. The number of ether oxygens (including phenoxy) is 1. The van der Waals surface area contributed by atoms with Gasteiger partial charge in [0, 0.05) is 17.8 Å². The van der Waals surface area contributed by atoms with Gasteiger partial charge in [-0.2, -0.15) is 0 Å². The Labute approximate surface area is 160 Å². The molecule has 1 aromatic carbocycles. The molecule has 140 valence electrons. The maximum absolute atomic E-state index is 12.0. The highest BCUT2D eigenvalue weighted by Gasteiger charge is 2.15. The topological polar surface area (TPSA) is 51.2 Å². The van der Waals surface area contributed by atoms with Gasteiger partial charge in [0.05, 0.1) is 10.7 Å². The minimum Gasteiger partial charge on any atom is -0.484 e. The molecule has 1 aromatic heterocycles. The van der Waals surface area contributed by atoms with Gasteiger partial charge in [0.1, 0.15) is 5.75 Å². The molecule has 1 aliphatic rings. The second-order valence-corrected chi connectivity index (χ2v) is 9.02. The SMILES string of the molecule is CC(C)(C)c1ccc(OCC(=O)NCCc2nc3c(s2)CCCC3)cc1. The molecule has 0 fully saturated rings. The Morgan fingerprint density at radius 3 is 2.62 bits per heavy atom. The first-order chi connectivity index (χ1) is 12.4. The van der Waals surface area contributed by atoms with Crippen molar-refractivity contribution in [2.75, 3.05) is 13.2 Å². The van der Waals surface area contributed by atoms with Gasteiger partial charge in [0.15, 0.2) is 6.61 Å². The van der Waals surface area contributed by atoms with Crippen LogP contribution in [0.4, 0.5) is 0 Å². The van der Waals surface area contributed by atoms with Crippen molar-refractivity contribution in [3.8, 4) is 5.75 Å². The smallest absolute Gasteiger partial charge is 0.257 e. The molecule has 0 saturated carbocycles. The Kier molecular flexibility index (Phi) is 5.97. The van der Waals surface area contributed by atoms with E-state index in [1.165, 1.54) is 35.4 Å². The molecule has 0 aliphatic heterocycles. The summed E-state index contributed by atoms with van der Waals surface area (Å²) in [4.78, 5) is 18.1. The fraction of sp³-hybridized carbons (Fsp3) is 0.524. The molecule has 0 unspecified atom stereocenters. The molecule has 1 heterocycles. The highest BCUT2D eigenvalue weighted by molar-refractivity contribution is 7.11. The second kappa shape index (κ2) is 8.21. The van der Waals surface area contributed by atoms with E-state index in [4.69, 9.17) is 9.72 Å². The number of thiazole rings is 1. The van der Waals surface area contributed by atoms with Crippen LogP contribution in [0.25, 0.3) is 0 Å². The summed E-state index contributed by atoms with van der Waals surface area (Å²) in [5.74, 6) is 0.631. The fourth-order valence-corrected chi connectivity index (χ4v) is 4.23. The summed E-state index contributed by atoms with van der Waals surface area (Å²) in [6.07, 6.45) is 5.60. The Bertz CT molecular complexity index is 721. The zero-order chi connectivity index (χ0) is 18.6. The van der Waals surface area contributed by atoms with Crippen molar-refractivity contribution in [1.82, 2.24) is 10.3 Å². The van der Waals surface area contributed by atoms with Gasteiger partial charge in [-0.1, -0.05) is 32.9 Å². The third-order valence-corrected chi connectivity index (χ3v) is 5.86. The van der Waals surface area contributed by atoms with Crippen molar-refractivity contribution in [3.63, 3.8) is 0 Å². The molecule has 26 heavy (non-hydrogen) atoms. The highest BCUT2D eigenvalue weighted by atomic mass is 32.1. The van der Waals surface area contributed by atoms with E-state index in [1.807, 2.05) is 12.1 Å². The maximum Gasteiger partial charge on any atom is 0.257 e. The normalized spacial score (nSPS) is 14.0. The number of amides is 1. The lowest BCUT2D eigenvalue weighted by Gasteiger charge is -2.19. The van der Waals surface area contributed by atoms with Gasteiger partial charge in [0.2, 0.25) is 0 Å². The number of hydrogen-bond donors (Lipinski definition) is 1. The van der Waals surface area contributed by atoms with Crippen LogP contribution in [0.3, 0.4) is 0 Å². The molecule has 1 amide bonds. The second-order valence-electron chi connectivity index (χ2n) is 7.85. The van der Waals surface area contributed by atoms with E-state index in [0.717, 1.165) is 23.6 Å². The average Bonchev–Trinajstić information content (AvgIpc) is 3.02. The van der Waals surface area contributed by atoms with Crippen molar-refractivity contribution < 1.29 is 9.53 Å². The molecule has 0 atom stereocenters. The number of nitrogens with zero attached hydrogens (tertiary/aromatic N) is 1. The van der Waals surface area contributed by atoms with E-state index in [1.54, 1.807) is 11.3 Å². The molecule has 4 nitrogen and oxygen atoms in total. The minimum absolute atomic E-state index is 0.0449. The summed E-state index contributed by atoms with van der Waals surface area (Å²) in [5, 5.41) is 4.06. The van der Waals surface area contributed by atoms with Crippen LogP contribution >= 0.6 is 11.3 Å². The van der Waals surface area contributed by atoms with Gasteiger partial charge in [-0.15, -0.1) is 11.3 Å². The molecule has 0 saturated heterocycles. The standard InChI is InChI=1S/C21H28N2O2S/c1-21(2,3)15-8-10-16(11-9-15)25-14-19(24)22-13-12-20-23-17-6-4-5-7-18(17)26-20/h8-11H,4-7,12-14H2,1-3H3,(H,22,24). The molecule has 0 spiro atoms.